The third-order valence-electron chi connectivity index (χ3n) is 5.48. The predicted molar refractivity (Wildman–Crippen MR) is 118 cm³/mol. The summed E-state index contributed by atoms with van der Waals surface area (Å²) in [5, 5.41) is 4.63. The standard InChI is InChI=1S/C24H18F3N3OS/c25-24(26,27)17-7-3-8-18(14-17)28-23(31)30-15-16-6-1-2-9-19(16)29-12-4-10-20(29)22(30)21-11-5-13-32-21/h1-14,22H,15H2,(H,28,31). The topological polar surface area (TPSA) is 37.3 Å². The predicted octanol–water partition coefficient (Wildman–Crippen LogP) is 6.69. The van der Waals surface area contributed by atoms with E-state index in [2.05, 4.69) is 9.88 Å². The third-order valence-corrected chi connectivity index (χ3v) is 6.40. The van der Waals surface area contributed by atoms with Gasteiger partial charge in [0.25, 0.3) is 0 Å². The van der Waals surface area contributed by atoms with Crippen molar-refractivity contribution in [1.29, 1.82) is 0 Å². The Hall–Kier alpha value is -3.52. The molecule has 0 saturated carbocycles. The fraction of sp³-hybridized carbons (Fsp3) is 0.125. The number of carbonyl (C=O) groups excluding carboxylic acids is 1. The van der Waals surface area contributed by atoms with Gasteiger partial charge < -0.3 is 14.8 Å². The van der Waals surface area contributed by atoms with Crippen molar-refractivity contribution < 1.29 is 18.0 Å². The molecule has 1 aliphatic rings. The van der Waals surface area contributed by atoms with Gasteiger partial charge in [0.05, 0.1) is 23.5 Å². The Bertz CT molecular complexity index is 1260. The molecule has 1 N–H and O–H groups in total. The van der Waals surface area contributed by atoms with Crippen LogP contribution in [0.5, 0.6) is 0 Å². The molecule has 162 valence electrons. The van der Waals surface area contributed by atoms with Crippen molar-refractivity contribution in [2.24, 2.45) is 0 Å². The first-order chi connectivity index (χ1) is 15.4. The first-order valence-electron chi connectivity index (χ1n) is 9.95. The Morgan fingerprint density at radius 3 is 2.62 bits per heavy atom. The maximum absolute atomic E-state index is 13.5. The number of amides is 2. The Balaban J connectivity index is 1.57. The largest absolute Gasteiger partial charge is 0.416 e. The van der Waals surface area contributed by atoms with Gasteiger partial charge in [0.1, 0.15) is 6.04 Å². The maximum Gasteiger partial charge on any atom is 0.416 e. The fourth-order valence-electron chi connectivity index (χ4n) is 4.05. The number of urea groups is 1. The number of nitrogens with zero attached hydrogens (tertiary/aromatic N) is 2. The number of benzene rings is 2. The zero-order valence-corrected chi connectivity index (χ0v) is 17.5. The van der Waals surface area contributed by atoms with Crippen LogP contribution in [0.15, 0.2) is 84.4 Å². The molecule has 1 aliphatic heterocycles. The molecule has 0 bridgehead atoms. The molecule has 5 rings (SSSR count). The van der Waals surface area contributed by atoms with Crippen LogP contribution in [0.4, 0.5) is 23.7 Å². The lowest BCUT2D eigenvalue weighted by molar-refractivity contribution is -0.137. The number of hydrogen-bond acceptors (Lipinski definition) is 2. The van der Waals surface area contributed by atoms with Crippen LogP contribution in [-0.4, -0.2) is 15.5 Å². The van der Waals surface area contributed by atoms with E-state index in [0.29, 0.717) is 6.54 Å². The molecule has 0 saturated heterocycles. The Labute approximate surface area is 186 Å². The van der Waals surface area contributed by atoms with Gasteiger partial charge in [-0.1, -0.05) is 30.3 Å². The number of anilines is 1. The van der Waals surface area contributed by atoms with Gasteiger partial charge in [0.15, 0.2) is 0 Å². The van der Waals surface area contributed by atoms with Crippen LogP contribution in [0, 0.1) is 0 Å². The number of carbonyl (C=O) groups is 1. The van der Waals surface area contributed by atoms with E-state index in [1.807, 2.05) is 60.1 Å². The van der Waals surface area contributed by atoms with Crippen LogP contribution in [0.3, 0.4) is 0 Å². The molecule has 0 aliphatic carbocycles. The van der Waals surface area contributed by atoms with Gasteiger partial charge in [0.2, 0.25) is 0 Å². The second-order valence-electron chi connectivity index (χ2n) is 7.49. The van der Waals surface area contributed by atoms with Crippen molar-refractivity contribution in [3.8, 4) is 5.69 Å². The second-order valence-corrected chi connectivity index (χ2v) is 8.47. The van der Waals surface area contributed by atoms with Crippen molar-refractivity contribution in [2.75, 3.05) is 5.32 Å². The summed E-state index contributed by atoms with van der Waals surface area (Å²) in [6.07, 6.45) is -2.52. The number of rotatable bonds is 2. The Kier molecular flexibility index (Phi) is 5.01. The summed E-state index contributed by atoms with van der Waals surface area (Å²) in [7, 11) is 0. The van der Waals surface area contributed by atoms with Gasteiger partial charge in [-0.3, -0.25) is 0 Å². The average molecular weight is 453 g/mol. The number of aromatic nitrogens is 1. The minimum Gasteiger partial charge on any atom is -0.318 e. The van der Waals surface area contributed by atoms with Crippen LogP contribution in [-0.2, 0) is 12.7 Å². The lowest BCUT2D eigenvalue weighted by Crippen LogP contribution is -2.37. The summed E-state index contributed by atoms with van der Waals surface area (Å²) >= 11 is 1.53. The molecular weight excluding hydrogens is 435 g/mol. The van der Waals surface area contributed by atoms with E-state index in [1.54, 1.807) is 4.90 Å². The molecule has 0 radical (unpaired) electrons. The monoisotopic (exact) mass is 453 g/mol. The molecule has 8 heteroatoms. The highest BCUT2D eigenvalue weighted by molar-refractivity contribution is 7.10. The quantitative estimate of drug-likeness (QED) is 0.361. The summed E-state index contributed by atoms with van der Waals surface area (Å²) in [4.78, 5) is 16.1. The summed E-state index contributed by atoms with van der Waals surface area (Å²) < 4.78 is 41.5. The van der Waals surface area contributed by atoms with Gasteiger partial charge in [-0.2, -0.15) is 13.2 Å². The molecule has 2 aromatic carbocycles. The number of thiophene rings is 1. The molecule has 1 unspecified atom stereocenters. The van der Waals surface area contributed by atoms with Crippen LogP contribution in [0.25, 0.3) is 5.69 Å². The number of fused-ring (bicyclic) bond motifs is 3. The van der Waals surface area contributed by atoms with Crippen molar-refractivity contribution in [3.63, 3.8) is 0 Å². The van der Waals surface area contributed by atoms with E-state index in [-0.39, 0.29) is 11.7 Å². The highest BCUT2D eigenvalue weighted by Gasteiger charge is 2.34. The summed E-state index contributed by atoms with van der Waals surface area (Å²) in [6, 6.07) is 19.4. The molecular formula is C24H18F3N3OS. The van der Waals surface area contributed by atoms with Crippen molar-refractivity contribution in [3.05, 3.63) is 106 Å². The van der Waals surface area contributed by atoms with Crippen LogP contribution >= 0.6 is 11.3 Å². The van der Waals surface area contributed by atoms with Gasteiger partial charge >= 0.3 is 12.2 Å². The molecule has 1 atom stereocenters. The van der Waals surface area contributed by atoms with Gasteiger partial charge in [-0.15, -0.1) is 11.3 Å². The van der Waals surface area contributed by atoms with E-state index in [9.17, 15) is 18.0 Å². The number of nitrogens with one attached hydrogen (secondary N) is 1. The van der Waals surface area contributed by atoms with Crippen LogP contribution in [0.2, 0.25) is 0 Å². The molecule has 4 aromatic rings. The number of alkyl halides is 3. The molecule has 2 aromatic heterocycles. The number of hydrogen-bond donors (Lipinski definition) is 1. The summed E-state index contributed by atoms with van der Waals surface area (Å²) in [6.45, 7) is 0.311. The van der Waals surface area contributed by atoms with Gasteiger partial charge in [-0.05, 0) is 53.4 Å². The lowest BCUT2D eigenvalue weighted by atomic mass is 10.1. The van der Waals surface area contributed by atoms with E-state index >= 15 is 0 Å². The van der Waals surface area contributed by atoms with Gasteiger partial charge in [0, 0.05) is 16.8 Å². The zero-order valence-electron chi connectivity index (χ0n) is 16.7. The first-order valence-corrected chi connectivity index (χ1v) is 10.8. The van der Waals surface area contributed by atoms with E-state index in [4.69, 9.17) is 0 Å². The van der Waals surface area contributed by atoms with Crippen molar-refractivity contribution in [2.45, 2.75) is 18.8 Å². The molecule has 0 spiro atoms. The van der Waals surface area contributed by atoms with E-state index in [1.165, 1.54) is 23.5 Å². The zero-order chi connectivity index (χ0) is 22.3. The number of para-hydroxylation sites is 1. The number of halogens is 3. The van der Waals surface area contributed by atoms with E-state index in [0.717, 1.165) is 34.0 Å². The first kappa shape index (κ1) is 20.4. The van der Waals surface area contributed by atoms with Crippen molar-refractivity contribution >= 4 is 23.1 Å². The fourth-order valence-corrected chi connectivity index (χ4v) is 4.90. The van der Waals surface area contributed by atoms with Crippen molar-refractivity contribution in [1.82, 2.24) is 9.47 Å². The van der Waals surface area contributed by atoms with Crippen LogP contribution in [0.1, 0.15) is 27.7 Å². The van der Waals surface area contributed by atoms with Crippen LogP contribution < -0.4 is 5.32 Å². The second kappa shape index (κ2) is 7.87. The van der Waals surface area contributed by atoms with Gasteiger partial charge in [-0.25, -0.2) is 4.79 Å². The SMILES string of the molecule is O=C(Nc1cccc(C(F)(F)F)c1)N1Cc2ccccc2-n2cccc2C1c1cccs1. The minimum absolute atomic E-state index is 0.0997. The molecule has 0 fully saturated rings. The summed E-state index contributed by atoms with van der Waals surface area (Å²) in [5.41, 5.74) is 2.13. The third kappa shape index (κ3) is 3.67. The van der Waals surface area contributed by atoms with E-state index < -0.39 is 17.8 Å². The normalized spacial score (nSPS) is 15.6. The molecule has 3 heterocycles. The molecule has 4 nitrogen and oxygen atoms in total. The highest BCUT2D eigenvalue weighted by atomic mass is 32.1. The highest BCUT2D eigenvalue weighted by Crippen LogP contribution is 2.38. The molecule has 2 amide bonds. The smallest absolute Gasteiger partial charge is 0.318 e. The minimum atomic E-state index is -4.48. The lowest BCUT2D eigenvalue weighted by Gasteiger charge is -2.30. The molecule has 32 heavy (non-hydrogen) atoms. The summed E-state index contributed by atoms with van der Waals surface area (Å²) in [5.74, 6) is 0. The maximum atomic E-state index is 13.5. The Morgan fingerprint density at radius 1 is 1.00 bits per heavy atom. The average Bonchev–Trinajstić information content (AvgIpc) is 3.44. The Morgan fingerprint density at radius 2 is 1.84 bits per heavy atom.